The SMILES string of the molecule is C/N=C\C1(c2ccc3cnn(-c4cc(N5CCN6CCOC[C@@H]6C5)nc(C)n4)c3c2)CCC1. The van der Waals surface area contributed by atoms with E-state index < -0.39 is 0 Å². The van der Waals surface area contributed by atoms with E-state index in [0.717, 1.165) is 80.6 Å². The zero-order valence-electron chi connectivity index (χ0n) is 19.4. The zero-order valence-corrected chi connectivity index (χ0v) is 19.4. The first-order valence-electron chi connectivity index (χ1n) is 12.0. The number of aliphatic imine (C=N–C) groups is 1. The van der Waals surface area contributed by atoms with Gasteiger partial charge in [0.2, 0.25) is 0 Å². The Labute approximate surface area is 194 Å². The Morgan fingerprint density at radius 2 is 2.00 bits per heavy atom. The summed E-state index contributed by atoms with van der Waals surface area (Å²) in [6, 6.07) is 9.20. The van der Waals surface area contributed by atoms with Crippen molar-refractivity contribution < 1.29 is 4.74 Å². The van der Waals surface area contributed by atoms with Crippen molar-refractivity contribution >= 4 is 22.9 Å². The highest BCUT2D eigenvalue weighted by molar-refractivity contribution is 5.84. The second kappa shape index (κ2) is 8.18. The minimum Gasteiger partial charge on any atom is -0.378 e. The predicted molar refractivity (Wildman–Crippen MR) is 130 cm³/mol. The lowest BCUT2D eigenvalue weighted by Crippen LogP contribution is -2.58. The summed E-state index contributed by atoms with van der Waals surface area (Å²) in [5.74, 6) is 2.55. The van der Waals surface area contributed by atoms with Crippen molar-refractivity contribution in [2.75, 3.05) is 51.3 Å². The van der Waals surface area contributed by atoms with Gasteiger partial charge in [-0.25, -0.2) is 14.6 Å². The number of morpholine rings is 1. The van der Waals surface area contributed by atoms with Crippen molar-refractivity contribution in [2.45, 2.75) is 37.6 Å². The first kappa shape index (κ1) is 20.7. The van der Waals surface area contributed by atoms with Gasteiger partial charge in [-0.15, -0.1) is 0 Å². The van der Waals surface area contributed by atoms with E-state index in [4.69, 9.17) is 19.8 Å². The van der Waals surface area contributed by atoms with Gasteiger partial charge in [0, 0.05) is 56.3 Å². The topological polar surface area (TPSA) is 71.7 Å². The molecular weight excluding hydrogens is 414 g/mol. The molecule has 33 heavy (non-hydrogen) atoms. The molecule has 1 atom stereocenters. The normalized spacial score (nSPS) is 23.1. The molecule has 8 heteroatoms. The average molecular weight is 446 g/mol. The lowest BCUT2D eigenvalue weighted by molar-refractivity contribution is -0.0117. The third kappa shape index (κ3) is 3.61. The molecule has 2 aromatic heterocycles. The average Bonchev–Trinajstić information content (AvgIpc) is 3.24. The van der Waals surface area contributed by atoms with Gasteiger partial charge in [0.1, 0.15) is 11.6 Å². The maximum atomic E-state index is 5.72. The maximum absolute atomic E-state index is 5.72. The molecule has 0 radical (unpaired) electrons. The molecule has 0 bridgehead atoms. The second-order valence-corrected chi connectivity index (χ2v) is 9.57. The number of benzene rings is 1. The molecule has 4 heterocycles. The number of fused-ring (bicyclic) bond motifs is 2. The van der Waals surface area contributed by atoms with Crippen LogP contribution in [0.15, 0.2) is 35.5 Å². The van der Waals surface area contributed by atoms with E-state index in [-0.39, 0.29) is 5.41 Å². The van der Waals surface area contributed by atoms with E-state index in [1.54, 1.807) is 0 Å². The van der Waals surface area contributed by atoms with Crippen molar-refractivity contribution in [3.63, 3.8) is 0 Å². The van der Waals surface area contributed by atoms with Gasteiger partial charge in [-0.1, -0.05) is 18.6 Å². The molecule has 1 aromatic carbocycles. The van der Waals surface area contributed by atoms with Crippen molar-refractivity contribution in [2.24, 2.45) is 4.99 Å². The third-order valence-electron chi connectivity index (χ3n) is 7.56. The molecule has 1 aliphatic carbocycles. The largest absolute Gasteiger partial charge is 0.378 e. The van der Waals surface area contributed by atoms with E-state index in [9.17, 15) is 0 Å². The molecule has 2 saturated heterocycles. The molecule has 0 amide bonds. The fourth-order valence-electron chi connectivity index (χ4n) is 5.57. The van der Waals surface area contributed by atoms with Gasteiger partial charge < -0.3 is 9.64 Å². The Morgan fingerprint density at radius 3 is 2.82 bits per heavy atom. The fourth-order valence-corrected chi connectivity index (χ4v) is 5.57. The highest BCUT2D eigenvalue weighted by Gasteiger charge is 2.37. The molecule has 3 fully saturated rings. The van der Waals surface area contributed by atoms with Crippen molar-refractivity contribution in [1.82, 2.24) is 24.6 Å². The number of ether oxygens (including phenoxy) is 1. The van der Waals surface area contributed by atoms with Gasteiger partial charge in [0.15, 0.2) is 5.82 Å². The summed E-state index contributed by atoms with van der Waals surface area (Å²) < 4.78 is 7.69. The number of hydrogen-bond acceptors (Lipinski definition) is 7. The molecule has 172 valence electrons. The lowest BCUT2D eigenvalue weighted by atomic mass is 9.65. The van der Waals surface area contributed by atoms with Crippen LogP contribution in [0.1, 0.15) is 30.7 Å². The number of nitrogens with zero attached hydrogens (tertiary/aromatic N) is 7. The van der Waals surface area contributed by atoms with E-state index in [1.807, 2.05) is 24.9 Å². The quantitative estimate of drug-likeness (QED) is 0.575. The number of aryl methyl sites for hydroxylation is 1. The van der Waals surface area contributed by atoms with E-state index in [2.05, 4.69) is 45.3 Å². The number of anilines is 1. The number of rotatable bonds is 4. The van der Waals surface area contributed by atoms with Gasteiger partial charge in [0.05, 0.1) is 31.0 Å². The van der Waals surface area contributed by atoms with Crippen LogP contribution >= 0.6 is 0 Å². The molecule has 8 nitrogen and oxygen atoms in total. The molecule has 0 unspecified atom stereocenters. The Balaban J connectivity index is 1.36. The number of piperazine rings is 1. The van der Waals surface area contributed by atoms with Crippen LogP contribution in [0.3, 0.4) is 0 Å². The summed E-state index contributed by atoms with van der Waals surface area (Å²) in [5.41, 5.74) is 2.46. The molecule has 1 saturated carbocycles. The molecule has 0 spiro atoms. The van der Waals surface area contributed by atoms with Gasteiger partial charge in [-0.05, 0) is 31.4 Å². The van der Waals surface area contributed by atoms with Crippen LogP contribution in [0.2, 0.25) is 0 Å². The van der Waals surface area contributed by atoms with Gasteiger partial charge in [-0.2, -0.15) is 5.10 Å². The summed E-state index contributed by atoms with van der Waals surface area (Å²) in [4.78, 5) is 18.8. The summed E-state index contributed by atoms with van der Waals surface area (Å²) in [6.45, 7) is 7.56. The minimum atomic E-state index is 0.0620. The summed E-state index contributed by atoms with van der Waals surface area (Å²) in [7, 11) is 1.87. The minimum absolute atomic E-state index is 0.0620. The maximum Gasteiger partial charge on any atom is 0.159 e. The van der Waals surface area contributed by atoms with Gasteiger partial charge >= 0.3 is 0 Å². The van der Waals surface area contributed by atoms with E-state index in [1.165, 1.54) is 12.0 Å². The first-order valence-corrected chi connectivity index (χ1v) is 12.0. The van der Waals surface area contributed by atoms with E-state index in [0.29, 0.717) is 6.04 Å². The van der Waals surface area contributed by atoms with Crippen molar-refractivity contribution in [3.8, 4) is 5.82 Å². The van der Waals surface area contributed by atoms with Crippen LogP contribution in [0.4, 0.5) is 5.82 Å². The van der Waals surface area contributed by atoms with Crippen LogP contribution in [-0.4, -0.2) is 83.3 Å². The number of aromatic nitrogens is 4. The van der Waals surface area contributed by atoms with Crippen LogP contribution in [0, 0.1) is 6.92 Å². The first-order chi connectivity index (χ1) is 16.1. The highest BCUT2D eigenvalue weighted by Crippen LogP contribution is 2.43. The second-order valence-electron chi connectivity index (χ2n) is 9.57. The Hall–Kier alpha value is -2.84. The monoisotopic (exact) mass is 445 g/mol. The molecule has 3 aromatic rings. The third-order valence-corrected chi connectivity index (χ3v) is 7.56. The van der Waals surface area contributed by atoms with Crippen LogP contribution in [0.25, 0.3) is 16.7 Å². The standard InChI is InChI=1S/C25H31N7O/c1-18-28-23(31-9-8-30-10-11-33-16-21(30)15-31)13-24(29-18)32-22-12-20(5-4-19(22)14-27-32)25(17-26-2)6-3-7-25/h4-5,12-14,17,21H,3,6-11,15-16H2,1-2H3/b26-17-/t21-/m0/s1. The summed E-state index contributed by atoms with van der Waals surface area (Å²) in [6.07, 6.45) is 7.60. The number of hydrogen-bond donors (Lipinski definition) is 0. The molecule has 3 aliphatic rings. The van der Waals surface area contributed by atoms with Crippen LogP contribution in [0.5, 0.6) is 0 Å². The van der Waals surface area contributed by atoms with Gasteiger partial charge in [-0.3, -0.25) is 9.89 Å². The fraction of sp³-hybridized carbons (Fsp3) is 0.520. The molecule has 2 aliphatic heterocycles. The molecule has 6 rings (SSSR count). The Bertz CT molecular complexity index is 1200. The lowest BCUT2D eigenvalue weighted by Gasteiger charge is -2.44. The van der Waals surface area contributed by atoms with Crippen molar-refractivity contribution in [3.05, 3.63) is 41.9 Å². The Kier molecular flexibility index (Phi) is 5.14. The highest BCUT2D eigenvalue weighted by atomic mass is 16.5. The van der Waals surface area contributed by atoms with Gasteiger partial charge in [0.25, 0.3) is 0 Å². The summed E-state index contributed by atoms with van der Waals surface area (Å²) >= 11 is 0. The smallest absolute Gasteiger partial charge is 0.159 e. The Morgan fingerprint density at radius 1 is 1.12 bits per heavy atom. The van der Waals surface area contributed by atoms with Crippen LogP contribution in [-0.2, 0) is 10.2 Å². The molecular formula is C25H31N7O. The van der Waals surface area contributed by atoms with Crippen LogP contribution < -0.4 is 4.90 Å². The van der Waals surface area contributed by atoms with Crippen molar-refractivity contribution in [1.29, 1.82) is 0 Å². The zero-order chi connectivity index (χ0) is 22.4. The van der Waals surface area contributed by atoms with E-state index >= 15 is 0 Å². The molecule has 0 N–H and O–H groups in total. The predicted octanol–water partition coefficient (Wildman–Crippen LogP) is 2.77. The summed E-state index contributed by atoms with van der Waals surface area (Å²) in [5, 5.41) is 5.84.